The lowest BCUT2D eigenvalue weighted by Gasteiger charge is -2.34. The average molecular weight is 464 g/mol. The van der Waals surface area contributed by atoms with Gasteiger partial charge in [0, 0.05) is 49.9 Å². The zero-order chi connectivity index (χ0) is 23.9. The first kappa shape index (κ1) is 24.4. The van der Waals surface area contributed by atoms with Crippen molar-refractivity contribution in [3.63, 3.8) is 0 Å². The molecule has 2 aromatic carbocycles. The third kappa shape index (κ3) is 6.24. The molecule has 34 heavy (non-hydrogen) atoms. The van der Waals surface area contributed by atoms with Crippen LogP contribution in [0.4, 0.5) is 0 Å². The summed E-state index contributed by atoms with van der Waals surface area (Å²) in [5.74, 6) is 1.03. The number of carbonyl (C=O) groups is 2. The minimum Gasteiger partial charge on any atom is -0.493 e. The van der Waals surface area contributed by atoms with Crippen molar-refractivity contribution in [1.82, 2.24) is 14.7 Å². The number of nitrogens with zero attached hydrogens (tertiary/aromatic N) is 3. The van der Waals surface area contributed by atoms with E-state index in [0.29, 0.717) is 45.4 Å². The van der Waals surface area contributed by atoms with E-state index < -0.39 is 0 Å². The minimum absolute atomic E-state index is 0.0627. The van der Waals surface area contributed by atoms with E-state index in [4.69, 9.17) is 4.74 Å². The maximum atomic E-state index is 12.9. The van der Waals surface area contributed by atoms with Gasteiger partial charge in [-0.3, -0.25) is 14.5 Å². The Morgan fingerprint density at radius 3 is 2.41 bits per heavy atom. The first-order valence-electron chi connectivity index (χ1n) is 12.6. The molecule has 4 rings (SSSR count). The van der Waals surface area contributed by atoms with Gasteiger partial charge in [0.2, 0.25) is 0 Å². The molecule has 0 spiro atoms. The number of ketones is 1. The molecule has 0 aliphatic carbocycles. The molecule has 2 aliphatic rings. The molecule has 6 nitrogen and oxygen atoms in total. The predicted octanol–water partition coefficient (Wildman–Crippen LogP) is 3.89. The summed E-state index contributed by atoms with van der Waals surface area (Å²) in [4.78, 5) is 32.0. The van der Waals surface area contributed by atoms with Crippen LogP contribution in [0.3, 0.4) is 0 Å². The van der Waals surface area contributed by atoms with Crippen LogP contribution in [0.15, 0.2) is 48.5 Å². The van der Waals surface area contributed by atoms with Crippen LogP contribution in [0.1, 0.15) is 52.5 Å². The van der Waals surface area contributed by atoms with Crippen molar-refractivity contribution in [1.29, 1.82) is 0 Å². The summed E-state index contributed by atoms with van der Waals surface area (Å²) in [7, 11) is 0. The van der Waals surface area contributed by atoms with Gasteiger partial charge in [0.15, 0.2) is 5.78 Å². The molecule has 1 atom stereocenters. The Balaban J connectivity index is 1.21. The molecule has 0 N–H and O–H groups in total. The van der Waals surface area contributed by atoms with Gasteiger partial charge >= 0.3 is 0 Å². The van der Waals surface area contributed by atoms with E-state index in [1.807, 2.05) is 60.4 Å². The zero-order valence-corrected chi connectivity index (χ0v) is 20.5. The van der Waals surface area contributed by atoms with Crippen LogP contribution in [0.25, 0.3) is 0 Å². The van der Waals surface area contributed by atoms with Crippen molar-refractivity contribution >= 4 is 11.7 Å². The first-order valence-corrected chi connectivity index (χ1v) is 12.6. The van der Waals surface area contributed by atoms with Crippen molar-refractivity contribution in [3.05, 3.63) is 65.2 Å². The van der Waals surface area contributed by atoms with E-state index in [2.05, 4.69) is 16.7 Å². The number of piperazine rings is 1. The number of rotatable bonds is 9. The van der Waals surface area contributed by atoms with E-state index in [1.54, 1.807) is 0 Å². The van der Waals surface area contributed by atoms with Gasteiger partial charge < -0.3 is 14.5 Å². The van der Waals surface area contributed by atoms with Crippen molar-refractivity contribution in [2.45, 2.75) is 39.2 Å². The lowest BCUT2D eigenvalue weighted by Crippen LogP contribution is -2.49. The van der Waals surface area contributed by atoms with Gasteiger partial charge in [0.1, 0.15) is 5.75 Å². The van der Waals surface area contributed by atoms with Gasteiger partial charge in [-0.2, -0.15) is 0 Å². The Hall–Kier alpha value is -2.70. The minimum atomic E-state index is 0.0627. The topological polar surface area (TPSA) is 53.1 Å². The largest absolute Gasteiger partial charge is 0.493 e. The fraction of sp³-hybridized carbons (Fsp3) is 0.500. The second kappa shape index (κ2) is 11.6. The molecule has 0 bridgehead atoms. The fourth-order valence-corrected chi connectivity index (χ4v) is 4.93. The Morgan fingerprint density at radius 1 is 0.971 bits per heavy atom. The maximum absolute atomic E-state index is 12.9. The number of aryl methyl sites for hydroxylation is 1. The van der Waals surface area contributed by atoms with Crippen LogP contribution in [-0.4, -0.2) is 84.9 Å². The van der Waals surface area contributed by atoms with Gasteiger partial charge in [-0.1, -0.05) is 18.2 Å². The molecule has 2 heterocycles. The smallest absolute Gasteiger partial charge is 0.253 e. The van der Waals surface area contributed by atoms with Gasteiger partial charge in [0.25, 0.3) is 5.91 Å². The molecule has 182 valence electrons. The molecule has 2 aliphatic heterocycles. The lowest BCUT2D eigenvalue weighted by molar-refractivity contribution is 0.0624. The summed E-state index contributed by atoms with van der Waals surface area (Å²) >= 11 is 0. The Morgan fingerprint density at radius 2 is 1.74 bits per heavy atom. The first-order chi connectivity index (χ1) is 16.5. The van der Waals surface area contributed by atoms with Crippen LogP contribution >= 0.6 is 0 Å². The Labute approximate surface area is 203 Å². The van der Waals surface area contributed by atoms with Crippen molar-refractivity contribution in [2.75, 3.05) is 52.4 Å². The average Bonchev–Trinajstić information content (AvgIpc) is 3.27. The summed E-state index contributed by atoms with van der Waals surface area (Å²) in [5, 5.41) is 0. The molecule has 0 aromatic heterocycles. The number of amides is 1. The van der Waals surface area contributed by atoms with E-state index in [0.717, 1.165) is 35.4 Å². The highest BCUT2D eigenvalue weighted by Crippen LogP contribution is 2.21. The lowest BCUT2D eigenvalue weighted by atomic mass is 10.1. The van der Waals surface area contributed by atoms with Crippen molar-refractivity contribution < 1.29 is 14.3 Å². The highest BCUT2D eigenvalue weighted by Gasteiger charge is 2.24. The number of hydrogen-bond acceptors (Lipinski definition) is 5. The molecular weight excluding hydrogens is 426 g/mol. The number of likely N-dealkylation sites (tertiary alicyclic amines) is 1. The molecule has 0 radical (unpaired) electrons. The highest BCUT2D eigenvalue weighted by atomic mass is 16.5. The summed E-state index contributed by atoms with van der Waals surface area (Å²) in [6.07, 6.45) is 3.62. The maximum Gasteiger partial charge on any atom is 0.253 e. The van der Waals surface area contributed by atoms with Gasteiger partial charge in [-0.15, -0.1) is 0 Å². The standard InChI is InChI=1S/C28H37N3O3/c1-22-20-25(11-12-27(22)34-19-7-14-30-13-6-8-23(30)2)26(32)21-29-15-17-31(18-16-29)28(33)24-9-4-3-5-10-24/h3-5,9-12,20,23H,6-8,13-19,21H2,1-2H3/t23-/m1/s1. The van der Waals surface area contributed by atoms with Gasteiger partial charge in [0.05, 0.1) is 13.2 Å². The molecular formula is C28H37N3O3. The number of hydrogen-bond donors (Lipinski definition) is 0. The number of Topliss-reactive ketones (excluding diaryl/α,β-unsaturated/α-hetero) is 1. The van der Waals surface area contributed by atoms with E-state index in [1.165, 1.54) is 19.4 Å². The SMILES string of the molecule is Cc1cc(C(=O)CN2CCN(C(=O)c3ccccc3)CC2)ccc1OCCCN1CCC[C@H]1C. The van der Waals surface area contributed by atoms with Crippen LogP contribution in [-0.2, 0) is 0 Å². The van der Waals surface area contributed by atoms with Crippen LogP contribution < -0.4 is 4.74 Å². The van der Waals surface area contributed by atoms with Crippen molar-refractivity contribution in [3.8, 4) is 5.75 Å². The number of carbonyl (C=O) groups excluding carboxylic acids is 2. The van der Waals surface area contributed by atoms with Gasteiger partial charge in [-0.05, 0) is 75.5 Å². The molecule has 2 saturated heterocycles. The van der Waals surface area contributed by atoms with E-state index in [-0.39, 0.29) is 11.7 Å². The summed E-state index contributed by atoms with van der Waals surface area (Å²) < 4.78 is 6.00. The zero-order valence-electron chi connectivity index (χ0n) is 20.5. The predicted molar refractivity (Wildman–Crippen MR) is 135 cm³/mol. The quantitative estimate of drug-likeness (QED) is 0.417. The Bertz CT molecular complexity index is 970. The van der Waals surface area contributed by atoms with Crippen LogP contribution in [0, 0.1) is 6.92 Å². The number of benzene rings is 2. The highest BCUT2D eigenvalue weighted by molar-refractivity contribution is 5.98. The van der Waals surface area contributed by atoms with Crippen molar-refractivity contribution in [2.24, 2.45) is 0 Å². The molecule has 0 saturated carbocycles. The monoisotopic (exact) mass is 463 g/mol. The molecule has 0 unspecified atom stereocenters. The van der Waals surface area contributed by atoms with Gasteiger partial charge in [-0.25, -0.2) is 0 Å². The fourth-order valence-electron chi connectivity index (χ4n) is 4.93. The third-order valence-corrected chi connectivity index (χ3v) is 7.08. The van der Waals surface area contributed by atoms with E-state index >= 15 is 0 Å². The van der Waals surface area contributed by atoms with Crippen LogP contribution in [0.2, 0.25) is 0 Å². The molecule has 1 amide bonds. The molecule has 2 fully saturated rings. The second-order valence-electron chi connectivity index (χ2n) is 9.57. The normalized spacial score (nSPS) is 19.4. The Kier molecular flexibility index (Phi) is 8.35. The number of ether oxygens (including phenoxy) is 1. The second-order valence-corrected chi connectivity index (χ2v) is 9.57. The van der Waals surface area contributed by atoms with Crippen LogP contribution in [0.5, 0.6) is 5.75 Å². The van der Waals surface area contributed by atoms with E-state index in [9.17, 15) is 9.59 Å². The molecule has 6 heteroatoms. The summed E-state index contributed by atoms with van der Waals surface area (Å²) in [6, 6.07) is 15.8. The third-order valence-electron chi connectivity index (χ3n) is 7.08. The summed E-state index contributed by atoms with van der Waals surface area (Å²) in [6.45, 7) is 10.4. The molecule has 2 aromatic rings. The summed E-state index contributed by atoms with van der Waals surface area (Å²) in [5.41, 5.74) is 2.44.